The molecule has 0 N–H and O–H groups in total. The highest BCUT2D eigenvalue weighted by atomic mass is 32.1. The number of aromatic nitrogens is 1. The molecule has 1 saturated heterocycles. The van der Waals surface area contributed by atoms with E-state index in [0.717, 1.165) is 36.9 Å². The number of aryl methyl sites for hydroxylation is 1. The number of carbonyl (C=O) groups is 1. The van der Waals surface area contributed by atoms with Crippen LogP contribution in [-0.4, -0.2) is 43.9 Å². The fourth-order valence-corrected chi connectivity index (χ4v) is 3.16. The summed E-state index contributed by atoms with van der Waals surface area (Å²) in [7, 11) is 2.09. The van der Waals surface area contributed by atoms with Crippen LogP contribution >= 0.6 is 11.3 Å². The fraction of sp³-hybridized carbons (Fsp3) is 0.714. The molecule has 0 saturated carbocycles. The SMILES string of the molecule is CCOC(=O)CCc1csc(N(C)C2CCOCC2)n1. The molecular weight excluding hydrogens is 276 g/mol. The number of carbonyl (C=O) groups excluding carboxylic acids is 1. The molecule has 0 amide bonds. The molecule has 2 heterocycles. The summed E-state index contributed by atoms with van der Waals surface area (Å²) < 4.78 is 10.3. The topological polar surface area (TPSA) is 51.7 Å². The van der Waals surface area contributed by atoms with Gasteiger partial charge in [-0.2, -0.15) is 0 Å². The predicted molar refractivity (Wildman–Crippen MR) is 79.3 cm³/mol. The van der Waals surface area contributed by atoms with Crippen molar-refractivity contribution in [1.82, 2.24) is 4.98 Å². The Hall–Kier alpha value is -1.14. The molecule has 0 aliphatic carbocycles. The van der Waals surface area contributed by atoms with Gasteiger partial charge in [0.15, 0.2) is 5.13 Å². The average molecular weight is 298 g/mol. The van der Waals surface area contributed by atoms with E-state index in [2.05, 4.69) is 16.9 Å². The number of nitrogens with zero attached hydrogens (tertiary/aromatic N) is 2. The molecule has 1 fully saturated rings. The molecule has 6 heteroatoms. The summed E-state index contributed by atoms with van der Waals surface area (Å²) in [5, 5.41) is 3.06. The minimum atomic E-state index is -0.153. The van der Waals surface area contributed by atoms with Gasteiger partial charge in [-0.1, -0.05) is 0 Å². The van der Waals surface area contributed by atoms with Gasteiger partial charge in [0.05, 0.1) is 18.7 Å². The Morgan fingerprint density at radius 2 is 2.30 bits per heavy atom. The van der Waals surface area contributed by atoms with Gasteiger partial charge in [-0.3, -0.25) is 4.79 Å². The summed E-state index contributed by atoms with van der Waals surface area (Å²) in [6.07, 6.45) is 3.15. The molecular formula is C14H22N2O3S. The van der Waals surface area contributed by atoms with E-state index >= 15 is 0 Å². The van der Waals surface area contributed by atoms with Crippen molar-refractivity contribution in [3.63, 3.8) is 0 Å². The maximum atomic E-state index is 11.3. The lowest BCUT2D eigenvalue weighted by Gasteiger charge is -2.30. The van der Waals surface area contributed by atoms with Crippen molar-refractivity contribution < 1.29 is 14.3 Å². The Morgan fingerprint density at radius 1 is 1.55 bits per heavy atom. The molecule has 112 valence electrons. The lowest BCUT2D eigenvalue weighted by molar-refractivity contribution is -0.143. The third-order valence-electron chi connectivity index (χ3n) is 3.47. The molecule has 0 spiro atoms. The smallest absolute Gasteiger partial charge is 0.306 e. The number of hydrogen-bond donors (Lipinski definition) is 0. The van der Waals surface area contributed by atoms with Crippen LogP contribution in [0.4, 0.5) is 5.13 Å². The second kappa shape index (κ2) is 7.59. The summed E-state index contributed by atoms with van der Waals surface area (Å²) >= 11 is 1.64. The normalized spacial score (nSPS) is 16.1. The van der Waals surface area contributed by atoms with Gasteiger partial charge < -0.3 is 14.4 Å². The number of ether oxygens (including phenoxy) is 2. The molecule has 1 aromatic rings. The zero-order valence-corrected chi connectivity index (χ0v) is 12.9. The van der Waals surface area contributed by atoms with E-state index in [0.29, 0.717) is 25.5 Å². The molecule has 0 atom stereocenters. The van der Waals surface area contributed by atoms with Crippen LogP contribution in [0.2, 0.25) is 0 Å². The van der Waals surface area contributed by atoms with Crippen molar-refractivity contribution in [3.05, 3.63) is 11.1 Å². The zero-order valence-electron chi connectivity index (χ0n) is 12.1. The van der Waals surface area contributed by atoms with Gasteiger partial charge in [0.1, 0.15) is 0 Å². The average Bonchev–Trinajstić information content (AvgIpc) is 2.94. The van der Waals surface area contributed by atoms with Gasteiger partial charge in [-0.05, 0) is 19.8 Å². The highest BCUT2D eigenvalue weighted by molar-refractivity contribution is 7.13. The third kappa shape index (κ3) is 4.18. The maximum absolute atomic E-state index is 11.3. The number of hydrogen-bond acceptors (Lipinski definition) is 6. The van der Waals surface area contributed by atoms with E-state index in [1.165, 1.54) is 0 Å². The minimum Gasteiger partial charge on any atom is -0.466 e. The largest absolute Gasteiger partial charge is 0.466 e. The summed E-state index contributed by atoms with van der Waals surface area (Å²) in [5.74, 6) is -0.153. The van der Waals surface area contributed by atoms with E-state index in [9.17, 15) is 4.79 Å². The molecule has 5 nitrogen and oxygen atoms in total. The molecule has 1 aromatic heterocycles. The van der Waals surface area contributed by atoms with Gasteiger partial charge in [-0.15, -0.1) is 11.3 Å². The van der Waals surface area contributed by atoms with Crippen LogP contribution in [0.25, 0.3) is 0 Å². The Labute approximate surface area is 123 Å². The van der Waals surface area contributed by atoms with Crippen LogP contribution in [0, 0.1) is 0 Å². The second-order valence-electron chi connectivity index (χ2n) is 4.88. The van der Waals surface area contributed by atoms with E-state index in [-0.39, 0.29) is 5.97 Å². The van der Waals surface area contributed by atoms with E-state index < -0.39 is 0 Å². The third-order valence-corrected chi connectivity index (χ3v) is 4.45. The zero-order chi connectivity index (χ0) is 14.4. The Bertz CT molecular complexity index is 430. The number of esters is 1. The molecule has 20 heavy (non-hydrogen) atoms. The van der Waals surface area contributed by atoms with Crippen molar-refractivity contribution in [1.29, 1.82) is 0 Å². The Kier molecular flexibility index (Phi) is 5.79. The van der Waals surface area contributed by atoms with Crippen LogP contribution in [0.1, 0.15) is 31.9 Å². The van der Waals surface area contributed by atoms with Crippen LogP contribution in [0.15, 0.2) is 5.38 Å². The summed E-state index contributed by atoms with van der Waals surface area (Å²) in [6, 6.07) is 0.507. The van der Waals surface area contributed by atoms with Crippen LogP contribution in [0.3, 0.4) is 0 Å². The van der Waals surface area contributed by atoms with E-state index in [1.54, 1.807) is 11.3 Å². The van der Waals surface area contributed by atoms with E-state index in [1.807, 2.05) is 12.3 Å². The molecule has 0 aromatic carbocycles. The minimum absolute atomic E-state index is 0.153. The Balaban J connectivity index is 1.86. The maximum Gasteiger partial charge on any atom is 0.306 e. The quantitative estimate of drug-likeness (QED) is 0.754. The molecule has 1 aliphatic rings. The van der Waals surface area contributed by atoms with Crippen molar-refractivity contribution in [2.45, 2.75) is 38.6 Å². The van der Waals surface area contributed by atoms with Crippen LogP contribution < -0.4 is 4.90 Å². The molecule has 0 bridgehead atoms. The first kappa shape index (κ1) is 15.3. The molecule has 2 rings (SSSR count). The van der Waals surface area contributed by atoms with Gasteiger partial charge in [0, 0.05) is 38.1 Å². The van der Waals surface area contributed by atoms with Gasteiger partial charge in [-0.25, -0.2) is 4.98 Å². The summed E-state index contributed by atoms with van der Waals surface area (Å²) in [4.78, 5) is 18.2. The van der Waals surface area contributed by atoms with Gasteiger partial charge in [0.2, 0.25) is 0 Å². The lowest BCUT2D eigenvalue weighted by atomic mass is 10.1. The molecule has 1 aliphatic heterocycles. The van der Waals surface area contributed by atoms with Crippen molar-refractivity contribution >= 4 is 22.4 Å². The fourth-order valence-electron chi connectivity index (χ4n) is 2.27. The van der Waals surface area contributed by atoms with Crippen molar-refractivity contribution in [3.8, 4) is 0 Å². The first-order chi connectivity index (χ1) is 9.70. The first-order valence-corrected chi connectivity index (χ1v) is 7.99. The van der Waals surface area contributed by atoms with Crippen molar-refractivity contribution in [2.75, 3.05) is 31.8 Å². The second-order valence-corrected chi connectivity index (χ2v) is 5.72. The molecule has 0 unspecified atom stereocenters. The number of anilines is 1. The molecule has 0 radical (unpaired) electrons. The number of thiazole rings is 1. The lowest BCUT2D eigenvalue weighted by Crippen LogP contribution is -2.36. The van der Waals surface area contributed by atoms with Gasteiger partial charge >= 0.3 is 5.97 Å². The highest BCUT2D eigenvalue weighted by Gasteiger charge is 2.20. The van der Waals surface area contributed by atoms with Gasteiger partial charge in [0.25, 0.3) is 0 Å². The first-order valence-electron chi connectivity index (χ1n) is 7.11. The highest BCUT2D eigenvalue weighted by Crippen LogP contribution is 2.25. The van der Waals surface area contributed by atoms with Crippen LogP contribution in [0.5, 0.6) is 0 Å². The number of rotatable bonds is 6. The summed E-state index contributed by atoms with van der Waals surface area (Å²) in [6.45, 7) is 3.92. The van der Waals surface area contributed by atoms with Crippen molar-refractivity contribution in [2.24, 2.45) is 0 Å². The standard InChI is InChI=1S/C14H22N2O3S/c1-3-19-13(17)5-4-11-10-20-14(15-11)16(2)12-6-8-18-9-7-12/h10,12H,3-9H2,1-2H3. The predicted octanol–water partition coefficient (Wildman–Crippen LogP) is 2.25. The monoisotopic (exact) mass is 298 g/mol. The summed E-state index contributed by atoms with van der Waals surface area (Å²) in [5.41, 5.74) is 0.969. The Morgan fingerprint density at radius 3 is 3.00 bits per heavy atom. The van der Waals surface area contributed by atoms with E-state index in [4.69, 9.17) is 9.47 Å². The van der Waals surface area contributed by atoms with Crippen LogP contribution in [-0.2, 0) is 20.7 Å².